The number of aliphatic hydroxyl groups excluding tert-OH is 1. The van der Waals surface area contributed by atoms with E-state index in [1.165, 1.54) is 25.3 Å². The maximum absolute atomic E-state index is 10.8. The van der Waals surface area contributed by atoms with Crippen LogP contribution in [0.25, 0.3) is 0 Å². The maximum Gasteiger partial charge on any atom is 0.273 e. The first-order valence-corrected chi connectivity index (χ1v) is 6.44. The van der Waals surface area contributed by atoms with Gasteiger partial charge in [-0.3, -0.25) is 15.0 Å². The smallest absolute Gasteiger partial charge is 0.273 e. The highest BCUT2D eigenvalue weighted by Crippen LogP contribution is 2.33. The van der Waals surface area contributed by atoms with E-state index in [4.69, 9.17) is 9.47 Å². The monoisotopic (exact) mass is 282 g/mol. The molecule has 20 heavy (non-hydrogen) atoms. The second-order valence-corrected chi connectivity index (χ2v) is 4.73. The number of hydrogen-bond donors (Lipinski definition) is 1. The van der Waals surface area contributed by atoms with Crippen molar-refractivity contribution in [1.82, 2.24) is 4.90 Å². The average Bonchev–Trinajstić information content (AvgIpc) is 2.35. The molecule has 0 bridgehead atoms. The van der Waals surface area contributed by atoms with E-state index in [-0.39, 0.29) is 11.4 Å². The Bertz CT molecular complexity index is 488. The Morgan fingerprint density at radius 2 is 2.10 bits per heavy atom. The molecule has 7 heteroatoms. The van der Waals surface area contributed by atoms with Crippen LogP contribution in [-0.4, -0.2) is 47.5 Å². The first-order chi connectivity index (χ1) is 9.52. The summed E-state index contributed by atoms with van der Waals surface area (Å²) in [6.07, 6.45) is -0.183. The molecule has 7 nitrogen and oxygen atoms in total. The molecule has 2 rings (SSSR count). The highest BCUT2D eigenvalue weighted by atomic mass is 16.6. The topological polar surface area (TPSA) is 85.1 Å². The molecule has 1 N–H and O–H groups in total. The third-order valence-corrected chi connectivity index (χ3v) is 3.27. The number of nitro groups is 1. The molecule has 0 radical (unpaired) electrons. The van der Waals surface area contributed by atoms with Crippen LogP contribution < -0.4 is 9.47 Å². The summed E-state index contributed by atoms with van der Waals surface area (Å²) >= 11 is 0. The largest absolute Gasteiger partial charge is 0.493 e. The fourth-order valence-corrected chi connectivity index (χ4v) is 2.07. The lowest BCUT2D eigenvalue weighted by atomic mass is 10.2. The third-order valence-electron chi connectivity index (χ3n) is 3.27. The van der Waals surface area contributed by atoms with Crippen LogP contribution >= 0.6 is 0 Å². The SMILES string of the molecule is COc1ccc([N+](=O)[O-])cc1OC([C@@H](C)O)N1CCC1. The summed E-state index contributed by atoms with van der Waals surface area (Å²) in [6.45, 7) is 3.31. The fraction of sp³-hybridized carbons (Fsp3) is 0.538. The van der Waals surface area contributed by atoms with E-state index in [1.54, 1.807) is 6.92 Å². The molecule has 1 unspecified atom stereocenters. The summed E-state index contributed by atoms with van der Waals surface area (Å²) in [6, 6.07) is 4.16. The van der Waals surface area contributed by atoms with E-state index in [1.807, 2.05) is 4.90 Å². The molecule has 1 aromatic rings. The van der Waals surface area contributed by atoms with Gasteiger partial charge >= 0.3 is 0 Å². The van der Waals surface area contributed by atoms with E-state index in [0.717, 1.165) is 19.5 Å². The van der Waals surface area contributed by atoms with E-state index in [2.05, 4.69) is 0 Å². The van der Waals surface area contributed by atoms with Gasteiger partial charge in [0.05, 0.1) is 18.1 Å². The lowest BCUT2D eigenvalue weighted by Crippen LogP contribution is -2.53. The zero-order valence-electron chi connectivity index (χ0n) is 11.5. The van der Waals surface area contributed by atoms with E-state index >= 15 is 0 Å². The van der Waals surface area contributed by atoms with Crippen molar-refractivity contribution in [2.75, 3.05) is 20.2 Å². The van der Waals surface area contributed by atoms with Crippen LogP contribution in [0.1, 0.15) is 13.3 Å². The van der Waals surface area contributed by atoms with Crippen molar-refractivity contribution < 1.29 is 19.5 Å². The van der Waals surface area contributed by atoms with Gasteiger partial charge in [0.1, 0.15) is 6.10 Å². The zero-order chi connectivity index (χ0) is 14.7. The molecule has 0 spiro atoms. The van der Waals surface area contributed by atoms with Crippen LogP contribution in [0, 0.1) is 10.1 Å². The molecule has 0 amide bonds. The standard InChI is InChI=1S/C13H18N2O5/c1-9(16)13(14-6-3-7-14)20-12-8-10(15(17)18)4-5-11(12)19-2/h4-5,8-9,13,16H,3,6-7H2,1-2H3/t9-,13?/m1/s1. The van der Waals surface area contributed by atoms with Crippen molar-refractivity contribution >= 4 is 5.69 Å². The number of nitro benzene ring substituents is 1. The predicted octanol–water partition coefficient (Wildman–Crippen LogP) is 1.39. The van der Waals surface area contributed by atoms with E-state index in [9.17, 15) is 15.2 Å². The van der Waals surface area contributed by atoms with Crippen molar-refractivity contribution in [2.45, 2.75) is 25.7 Å². The van der Waals surface area contributed by atoms with Gasteiger partial charge in [-0.1, -0.05) is 0 Å². The van der Waals surface area contributed by atoms with Crippen molar-refractivity contribution in [1.29, 1.82) is 0 Å². The summed E-state index contributed by atoms with van der Waals surface area (Å²) in [7, 11) is 1.47. The number of ether oxygens (including phenoxy) is 2. The summed E-state index contributed by atoms with van der Waals surface area (Å²) in [4.78, 5) is 12.3. The van der Waals surface area contributed by atoms with E-state index < -0.39 is 17.3 Å². The minimum absolute atomic E-state index is 0.0752. The molecule has 1 aliphatic heterocycles. The molecular weight excluding hydrogens is 264 g/mol. The molecule has 1 fully saturated rings. The fourth-order valence-electron chi connectivity index (χ4n) is 2.07. The molecule has 0 aliphatic carbocycles. The first kappa shape index (κ1) is 14.5. The first-order valence-electron chi connectivity index (χ1n) is 6.44. The number of rotatable bonds is 6. The van der Waals surface area contributed by atoms with Crippen LogP contribution in [0.3, 0.4) is 0 Å². The normalized spacial score (nSPS) is 17.9. The molecule has 1 saturated heterocycles. The molecule has 1 aromatic carbocycles. The number of benzene rings is 1. The number of non-ortho nitro benzene ring substituents is 1. The van der Waals surface area contributed by atoms with Gasteiger partial charge in [0.25, 0.3) is 5.69 Å². The Morgan fingerprint density at radius 3 is 2.55 bits per heavy atom. The Morgan fingerprint density at radius 1 is 1.40 bits per heavy atom. The van der Waals surface area contributed by atoms with Gasteiger partial charge in [-0.25, -0.2) is 0 Å². The quantitative estimate of drug-likeness (QED) is 0.627. The van der Waals surface area contributed by atoms with Crippen molar-refractivity contribution in [3.63, 3.8) is 0 Å². The van der Waals surface area contributed by atoms with Gasteiger partial charge in [0.2, 0.25) is 0 Å². The molecule has 110 valence electrons. The van der Waals surface area contributed by atoms with Crippen LogP contribution in [0.5, 0.6) is 11.5 Å². The van der Waals surface area contributed by atoms with E-state index in [0.29, 0.717) is 5.75 Å². The molecule has 1 heterocycles. The second-order valence-electron chi connectivity index (χ2n) is 4.73. The van der Waals surface area contributed by atoms with Crippen molar-refractivity contribution in [2.24, 2.45) is 0 Å². The van der Waals surface area contributed by atoms with Gasteiger partial charge in [0.15, 0.2) is 17.7 Å². The highest BCUT2D eigenvalue weighted by Gasteiger charge is 2.30. The number of methoxy groups -OCH3 is 1. The average molecular weight is 282 g/mol. The number of likely N-dealkylation sites (tertiary alicyclic amines) is 1. The number of aliphatic hydroxyl groups is 1. The Hall–Kier alpha value is -1.86. The lowest BCUT2D eigenvalue weighted by Gasteiger charge is -2.39. The maximum atomic E-state index is 10.8. The van der Waals surface area contributed by atoms with Crippen LogP contribution in [0.2, 0.25) is 0 Å². The Kier molecular flexibility index (Phi) is 4.41. The molecule has 0 saturated carbocycles. The zero-order valence-corrected chi connectivity index (χ0v) is 11.5. The van der Waals surface area contributed by atoms with Gasteiger partial charge in [-0.15, -0.1) is 0 Å². The van der Waals surface area contributed by atoms with Crippen LogP contribution in [0.15, 0.2) is 18.2 Å². The molecule has 1 aliphatic rings. The third kappa shape index (κ3) is 3.00. The summed E-state index contributed by atoms with van der Waals surface area (Å²) in [5.74, 6) is 0.668. The van der Waals surface area contributed by atoms with Crippen LogP contribution in [0.4, 0.5) is 5.69 Å². The summed E-state index contributed by atoms with van der Waals surface area (Å²) < 4.78 is 10.9. The lowest BCUT2D eigenvalue weighted by molar-refractivity contribution is -0.385. The highest BCUT2D eigenvalue weighted by molar-refractivity contribution is 5.48. The molecule has 2 atom stereocenters. The second kappa shape index (κ2) is 6.06. The van der Waals surface area contributed by atoms with Gasteiger partial charge in [0, 0.05) is 19.2 Å². The predicted molar refractivity (Wildman–Crippen MR) is 71.9 cm³/mol. The summed E-state index contributed by atoms with van der Waals surface area (Å²) in [5.41, 5.74) is -0.0752. The number of hydrogen-bond acceptors (Lipinski definition) is 6. The summed E-state index contributed by atoms with van der Waals surface area (Å²) in [5, 5.41) is 20.6. The van der Waals surface area contributed by atoms with Gasteiger partial charge in [-0.05, 0) is 19.4 Å². The Balaban J connectivity index is 2.24. The van der Waals surface area contributed by atoms with Crippen molar-refractivity contribution in [3.8, 4) is 11.5 Å². The minimum atomic E-state index is -0.709. The number of nitrogens with zero attached hydrogens (tertiary/aromatic N) is 2. The molecule has 0 aromatic heterocycles. The van der Waals surface area contributed by atoms with Gasteiger partial charge in [-0.2, -0.15) is 0 Å². The van der Waals surface area contributed by atoms with Crippen molar-refractivity contribution in [3.05, 3.63) is 28.3 Å². The molecular formula is C13H18N2O5. The van der Waals surface area contributed by atoms with Gasteiger partial charge < -0.3 is 14.6 Å². The Labute approximate surface area is 116 Å². The minimum Gasteiger partial charge on any atom is -0.493 e. The van der Waals surface area contributed by atoms with Crippen LogP contribution in [-0.2, 0) is 0 Å².